The zero-order chi connectivity index (χ0) is 18.3. The summed E-state index contributed by atoms with van der Waals surface area (Å²) in [6.07, 6.45) is 3.60. The average Bonchev–Trinajstić information content (AvgIpc) is 2.59. The standard InChI is InChI=1S/C20H33NO4/c1-4-5-13-23-15-16-24-14-12-21-20(22)11-8-18-6-9-19(10-7-18)25-17(2)3/h6-7,9-10,17H,4-5,8,11-16H2,1-3H3,(H,21,22). The van der Waals surface area contributed by atoms with Crippen molar-refractivity contribution in [1.82, 2.24) is 5.32 Å². The summed E-state index contributed by atoms with van der Waals surface area (Å²) >= 11 is 0. The van der Waals surface area contributed by atoms with Crippen molar-refractivity contribution in [2.24, 2.45) is 0 Å². The number of unbranched alkanes of at least 4 members (excludes halogenated alkanes) is 1. The summed E-state index contributed by atoms with van der Waals surface area (Å²) in [5.74, 6) is 0.907. The minimum absolute atomic E-state index is 0.0466. The molecule has 0 spiro atoms. The normalized spacial score (nSPS) is 10.9. The van der Waals surface area contributed by atoms with Crippen LogP contribution in [0.4, 0.5) is 0 Å². The third-order valence-electron chi connectivity index (χ3n) is 3.52. The maximum atomic E-state index is 11.8. The van der Waals surface area contributed by atoms with Crippen molar-refractivity contribution in [3.8, 4) is 5.75 Å². The number of benzene rings is 1. The van der Waals surface area contributed by atoms with Crippen LogP contribution in [-0.2, 0) is 20.7 Å². The van der Waals surface area contributed by atoms with E-state index in [1.807, 2.05) is 38.1 Å². The third kappa shape index (κ3) is 11.6. The number of amides is 1. The van der Waals surface area contributed by atoms with Crippen LogP contribution in [0.15, 0.2) is 24.3 Å². The fourth-order valence-corrected chi connectivity index (χ4v) is 2.18. The highest BCUT2D eigenvalue weighted by Gasteiger charge is 2.03. The van der Waals surface area contributed by atoms with E-state index >= 15 is 0 Å². The van der Waals surface area contributed by atoms with Crippen LogP contribution in [0.3, 0.4) is 0 Å². The van der Waals surface area contributed by atoms with Crippen molar-refractivity contribution in [1.29, 1.82) is 0 Å². The monoisotopic (exact) mass is 351 g/mol. The number of rotatable bonds is 14. The largest absolute Gasteiger partial charge is 0.491 e. The second-order valence-corrected chi connectivity index (χ2v) is 6.24. The Hall–Kier alpha value is -1.59. The minimum Gasteiger partial charge on any atom is -0.491 e. The smallest absolute Gasteiger partial charge is 0.220 e. The van der Waals surface area contributed by atoms with Gasteiger partial charge in [-0.2, -0.15) is 0 Å². The van der Waals surface area contributed by atoms with Gasteiger partial charge in [0, 0.05) is 19.6 Å². The van der Waals surface area contributed by atoms with E-state index in [1.165, 1.54) is 0 Å². The number of hydrogen-bond acceptors (Lipinski definition) is 4. The van der Waals surface area contributed by atoms with Crippen LogP contribution < -0.4 is 10.1 Å². The molecule has 1 aromatic rings. The van der Waals surface area contributed by atoms with Gasteiger partial charge in [-0.15, -0.1) is 0 Å². The number of hydrogen-bond donors (Lipinski definition) is 1. The van der Waals surface area contributed by atoms with E-state index in [-0.39, 0.29) is 12.0 Å². The Bertz CT molecular complexity index is 459. The van der Waals surface area contributed by atoms with E-state index in [1.54, 1.807) is 0 Å². The predicted octanol–water partition coefficient (Wildman–Crippen LogP) is 3.36. The summed E-state index contributed by atoms with van der Waals surface area (Å²) in [7, 11) is 0. The van der Waals surface area contributed by atoms with E-state index < -0.39 is 0 Å². The van der Waals surface area contributed by atoms with Crippen molar-refractivity contribution >= 4 is 5.91 Å². The number of carbonyl (C=O) groups is 1. The fraction of sp³-hybridized carbons (Fsp3) is 0.650. The molecule has 1 rings (SSSR count). The minimum atomic E-state index is 0.0466. The molecule has 1 N–H and O–H groups in total. The lowest BCUT2D eigenvalue weighted by Gasteiger charge is -2.10. The number of aryl methyl sites for hydroxylation is 1. The lowest BCUT2D eigenvalue weighted by atomic mass is 10.1. The molecule has 0 saturated heterocycles. The van der Waals surface area contributed by atoms with Crippen molar-refractivity contribution in [2.45, 2.75) is 52.6 Å². The molecule has 1 amide bonds. The number of nitrogens with one attached hydrogen (secondary N) is 1. The summed E-state index contributed by atoms with van der Waals surface area (Å²) in [5.41, 5.74) is 1.13. The molecule has 0 radical (unpaired) electrons. The first kappa shape index (κ1) is 21.5. The molecule has 0 aliphatic carbocycles. The van der Waals surface area contributed by atoms with Crippen molar-refractivity contribution < 1.29 is 19.0 Å². The van der Waals surface area contributed by atoms with Crippen LogP contribution in [0.5, 0.6) is 5.75 Å². The lowest BCUT2D eigenvalue weighted by molar-refractivity contribution is -0.121. The molecule has 0 heterocycles. The molecule has 0 bridgehead atoms. The Labute approximate surface area is 152 Å². The average molecular weight is 351 g/mol. The molecular formula is C20H33NO4. The van der Waals surface area contributed by atoms with Crippen molar-refractivity contribution in [3.63, 3.8) is 0 Å². The highest BCUT2D eigenvalue weighted by atomic mass is 16.5. The van der Waals surface area contributed by atoms with Gasteiger partial charge in [0.25, 0.3) is 0 Å². The van der Waals surface area contributed by atoms with Gasteiger partial charge in [-0.05, 0) is 44.4 Å². The van der Waals surface area contributed by atoms with E-state index in [4.69, 9.17) is 14.2 Å². The zero-order valence-corrected chi connectivity index (χ0v) is 15.9. The highest BCUT2D eigenvalue weighted by Crippen LogP contribution is 2.14. The van der Waals surface area contributed by atoms with E-state index in [0.717, 1.165) is 37.2 Å². The topological polar surface area (TPSA) is 56.8 Å². The van der Waals surface area contributed by atoms with Gasteiger partial charge < -0.3 is 19.5 Å². The van der Waals surface area contributed by atoms with Crippen molar-refractivity contribution in [3.05, 3.63) is 29.8 Å². The van der Waals surface area contributed by atoms with Gasteiger partial charge in [0.05, 0.1) is 25.9 Å². The Morgan fingerprint density at radius 1 is 1.04 bits per heavy atom. The van der Waals surface area contributed by atoms with Crippen molar-refractivity contribution in [2.75, 3.05) is 33.0 Å². The molecule has 25 heavy (non-hydrogen) atoms. The summed E-state index contributed by atoms with van der Waals surface area (Å²) in [5, 5.41) is 2.87. The summed E-state index contributed by atoms with van der Waals surface area (Å²) in [4.78, 5) is 11.8. The quantitative estimate of drug-likeness (QED) is 0.522. The first-order valence-corrected chi connectivity index (χ1v) is 9.29. The maximum absolute atomic E-state index is 11.8. The first-order chi connectivity index (χ1) is 12.1. The predicted molar refractivity (Wildman–Crippen MR) is 100 cm³/mol. The molecule has 0 aliphatic heterocycles. The van der Waals surface area contributed by atoms with Gasteiger partial charge in [-0.25, -0.2) is 0 Å². The molecule has 0 aromatic heterocycles. The molecule has 1 aromatic carbocycles. The van der Waals surface area contributed by atoms with Gasteiger partial charge in [0.15, 0.2) is 0 Å². The molecule has 0 saturated carbocycles. The van der Waals surface area contributed by atoms with Gasteiger partial charge in [-0.3, -0.25) is 4.79 Å². The Kier molecular flexibility index (Phi) is 11.7. The van der Waals surface area contributed by atoms with Crippen LogP contribution in [0.2, 0.25) is 0 Å². The molecule has 0 aliphatic rings. The van der Waals surface area contributed by atoms with Gasteiger partial charge >= 0.3 is 0 Å². The number of ether oxygens (including phenoxy) is 3. The Balaban J connectivity index is 2.03. The highest BCUT2D eigenvalue weighted by molar-refractivity contribution is 5.76. The van der Waals surface area contributed by atoms with Crippen LogP contribution >= 0.6 is 0 Å². The molecule has 0 unspecified atom stereocenters. The second kappa shape index (κ2) is 13.7. The molecule has 5 heteroatoms. The second-order valence-electron chi connectivity index (χ2n) is 6.24. The van der Waals surface area contributed by atoms with Gasteiger partial charge in [0.1, 0.15) is 5.75 Å². The molecule has 5 nitrogen and oxygen atoms in total. The molecule has 0 atom stereocenters. The summed E-state index contributed by atoms with van der Waals surface area (Å²) < 4.78 is 16.4. The lowest BCUT2D eigenvalue weighted by Crippen LogP contribution is -2.27. The first-order valence-electron chi connectivity index (χ1n) is 9.29. The van der Waals surface area contributed by atoms with E-state index in [0.29, 0.717) is 32.8 Å². The van der Waals surface area contributed by atoms with E-state index in [9.17, 15) is 4.79 Å². The number of carbonyl (C=O) groups excluding carboxylic acids is 1. The van der Waals surface area contributed by atoms with Crippen LogP contribution in [0.25, 0.3) is 0 Å². The summed E-state index contributed by atoms with van der Waals surface area (Å²) in [6.45, 7) is 9.18. The van der Waals surface area contributed by atoms with Crippen LogP contribution in [0, 0.1) is 0 Å². The van der Waals surface area contributed by atoms with Gasteiger partial charge in [0.2, 0.25) is 5.91 Å². The third-order valence-corrected chi connectivity index (χ3v) is 3.52. The molecule has 0 fully saturated rings. The summed E-state index contributed by atoms with van der Waals surface area (Å²) in [6, 6.07) is 7.91. The van der Waals surface area contributed by atoms with E-state index in [2.05, 4.69) is 12.2 Å². The van der Waals surface area contributed by atoms with Crippen LogP contribution in [0.1, 0.15) is 45.6 Å². The maximum Gasteiger partial charge on any atom is 0.220 e. The SMILES string of the molecule is CCCCOCCOCCNC(=O)CCc1ccc(OC(C)C)cc1. The zero-order valence-electron chi connectivity index (χ0n) is 15.9. The molecular weight excluding hydrogens is 318 g/mol. The van der Waals surface area contributed by atoms with Crippen LogP contribution in [-0.4, -0.2) is 45.0 Å². The Morgan fingerprint density at radius 2 is 1.72 bits per heavy atom. The van der Waals surface area contributed by atoms with Gasteiger partial charge in [-0.1, -0.05) is 25.5 Å². The Morgan fingerprint density at radius 3 is 2.36 bits per heavy atom. The fourth-order valence-electron chi connectivity index (χ4n) is 2.18. The molecule has 142 valence electrons.